The van der Waals surface area contributed by atoms with Crippen molar-refractivity contribution < 1.29 is 85.6 Å². The molecule has 1 aromatic carbocycles. The van der Waals surface area contributed by atoms with Crippen molar-refractivity contribution in [1.82, 2.24) is 15.5 Å². The Morgan fingerprint density at radius 1 is 0.588 bits per heavy atom. The Balaban J connectivity index is 0.964. The van der Waals surface area contributed by atoms with Gasteiger partial charge in [0.15, 0.2) is 0 Å². The number of alkyl carbamates (subject to hydrolysis) is 1. The standard InChI is InChI=1S/C46H74N4O18/c1-46(2,3)68-45(56)47-13-15-58-17-19-60-21-23-62-25-27-64-29-31-66-33-35-67-34-32-65-30-28-63-26-24-61-22-20-59-18-16-57-14-6-4-5-10-39(51)48-37-9-7-8-36-41(37)44(55)50(43(36)54)38-11-12-40(52)49-42(38)53/h7-9,38H,4-6,10-35H2,1-3H3,(H,47,56)(H,48,51)(H,49,52,53). The van der Waals surface area contributed by atoms with Crippen LogP contribution in [0.1, 0.15) is 80.0 Å². The fourth-order valence-corrected chi connectivity index (χ4v) is 6.34. The zero-order valence-electron chi connectivity index (χ0n) is 40.1. The van der Waals surface area contributed by atoms with Crippen molar-refractivity contribution in [1.29, 1.82) is 0 Å². The summed E-state index contributed by atoms with van der Waals surface area (Å²) in [7, 11) is 0. The number of unbranched alkanes of at least 4 members (excludes halogenated alkanes) is 2. The van der Waals surface area contributed by atoms with Crippen LogP contribution in [0, 0.1) is 0 Å². The number of rotatable bonds is 41. The first-order chi connectivity index (χ1) is 33.0. The van der Waals surface area contributed by atoms with Gasteiger partial charge in [-0.3, -0.25) is 34.2 Å². The SMILES string of the molecule is CC(C)(C)OC(=O)NCCOCCOCCOCCOCCOCCOCCOCCOCCOCCOCCOCCCCCC(=O)Nc1cccc2c1C(=O)N(C1CCC(=O)NC1=O)C2=O. The molecule has 2 aliphatic heterocycles. The zero-order valence-corrected chi connectivity index (χ0v) is 40.1. The summed E-state index contributed by atoms with van der Waals surface area (Å²) in [5, 5.41) is 7.53. The van der Waals surface area contributed by atoms with E-state index in [0.717, 1.165) is 17.7 Å². The molecule has 22 heteroatoms. The van der Waals surface area contributed by atoms with Gasteiger partial charge in [0.05, 0.1) is 156 Å². The van der Waals surface area contributed by atoms with Crippen LogP contribution in [0.2, 0.25) is 0 Å². The molecule has 22 nitrogen and oxygen atoms in total. The average molecular weight is 971 g/mol. The highest BCUT2D eigenvalue weighted by Gasteiger charge is 2.45. The number of hydrogen-bond acceptors (Lipinski definition) is 18. The van der Waals surface area contributed by atoms with Gasteiger partial charge in [0.25, 0.3) is 11.8 Å². The molecule has 3 N–H and O–H groups in total. The van der Waals surface area contributed by atoms with Crippen molar-refractivity contribution in [3.63, 3.8) is 0 Å². The van der Waals surface area contributed by atoms with Crippen LogP contribution in [-0.2, 0) is 71.2 Å². The molecule has 2 heterocycles. The van der Waals surface area contributed by atoms with E-state index >= 15 is 0 Å². The third-order valence-corrected chi connectivity index (χ3v) is 9.57. The van der Waals surface area contributed by atoms with Gasteiger partial charge in [-0.2, -0.15) is 0 Å². The van der Waals surface area contributed by atoms with E-state index in [1.807, 2.05) is 20.8 Å². The zero-order chi connectivity index (χ0) is 49.1. The van der Waals surface area contributed by atoms with Crippen LogP contribution < -0.4 is 16.0 Å². The number of hydrogen-bond donors (Lipinski definition) is 3. The second-order valence-corrected chi connectivity index (χ2v) is 16.2. The molecule has 1 fully saturated rings. The van der Waals surface area contributed by atoms with Crippen molar-refractivity contribution in [3.8, 4) is 0 Å². The van der Waals surface area contributed by atoms with Crippen LogP contribution in [0.4, 0.5) is 10.5 Å². The predicted molar refractivity (Wildman–Crippen MR) is 243 cm³/mol. The second kappa shape index (κ2) is 35.8. The first kappa shape index (κ1) is 58.1. The first-order valence-corrected chi connectivity index (χ1v) is 23.4. The molecule has 386 valence electrons. The summed E-state index contributed by atoms with van der Waals surface area (Å²) in [4.78, 5) is 75.2. The lowest BCUT2D eigenvalue weighted by molar-refractivity contribution is -0.136. The topological polar surface area (TPSA) is 253 Å². The van der Waals surface area contributed by atoms with Crippen molar-refractivity contribution in [2.24, 2.45) is 0 Å². The normalized spacial score (nSPS) is 14.9. The Morgan fingerprint density at radius 2 is 1.03 bits per heavy atom. The number of benzene rings is 1. The number of imide groups is 2. The lowest BCUT2D eigenvalue weighted by Crippen LogP contribution is -2.54. The second-order valence-electron chi connectivity index (χ2n) is 16.2. The molecule has 0 spiro atoms. The largest absolute Gasteiger partial charge is 0.444 e. The summed E-state index contributed by atoms with van der Waals surface area (Å²) >= 11 is 0. The molecule has 68 heavy (non-hydrogen) atoms. The van der Waals surface area contributed by atoms with Crippen LogP contribution >= 0.6 is 0 Å². The molecule has 0 aliphatic carbocycles. The molecule has 6 amide bonds. The van der Waals surface area contributed by atoms with E-state index in [4.69, 9.17) is 56.8 Å². The van der Waals surface area contributed by atoms with Gasteiger partial charge >= 0.3 is 6.09 Å². The number of carbonyl (C=O) groups is 6. The molecule has 0 saturated carbocycles. The maximum atomic E-state index is 13.2. The highest BCUT2D eigenvalue weighted by atomic mass is 16.6. The number of fused-ring (bicyclic) bond motifs is 1. The van der Waals surface area contributed by atoms with Crippen molar-refractivity contribution in [3.05, 3.63) is 29.3 Å². The molecule has 0 radical (unpaired) electrons. The molecule has 1 atom stereocenters. The van der Waals surface area contributed by atoms with Gasteiger partial charge in [-0.25, -0.2) is 4.79 Å². The number of nitrogens with one attached hydrogen (secondary N) is 3. The Bertz CT molecular complexity index is 1630. The molecular formula is C46H74N4O18. The van der Waals surface area contributed by atoms with Gasteiger partial charge < -0.3 is 67.5 Å². The quantitative estimate of drug-likeness (QED) is 0.0629. The van der Waals surface area contributed by atoms with Crippen LogP contribution in [0.5, 0.6) is 0 Å². The number of anilines is 1. The van der Waals surface area contributed by atoms with Crippen LogP contribution in [0.25, 0.3) is 0 Å². The fourth-order valence-electron chi connectivity index (χ4n) is 6.34. The van der Waals surface area contributed by atoms with E-state index in [9.17, 15) is 28.8 Å². The highest BCUT2D eigenvalue weighted by Crippen LogP contribution is 2.32. The van der Waals surface area contributed by atoms with E-state index in [2.05, 4.69) is 16.0 Å². The minimum Gasteiger partial charge on any atom is -0.444 e. The van der Waals surface area contributed by atoms with E-state index in [0.29, 0.717) is 158 Å². The van der Waals surface area contributed by atoms with Gasteiger partial charge in [-0.1, -0.05) is 12.5 Å². The highest BCUT2D eigenvalue weighted by molar-refractivity contribution is 6.26. The Morgan fingerprint density at radius 3 is 1.47 bits per heavy atom. The minimum atomic E-state index is -1.08. The molecule has 2 aliphatic rings. The van der Waals surface area contributed by atoms with Crippen LogP contribution in [-0.4, -0.2) is 204 Å². The predicted octanol–water partition coefficient (Wildman–Crippen LogP) is 2.29. The van der Waals surface area contributed by atoms with E-state index in [1.165, 1.54) is 6.07 Å². The molecule has 0 bridgehead atoms. The molecule has 0 aromatic heterocycles. The lowest BCUT2D eigenvalue weighted by atomic mass is 10.0. The minimum absolute atomic E-state index is 0.0241. The fraction of sp³-hybridized carbons (Fsp3) is 0.739. The molecular weight excluding hydrogens is 897 g/mol. The first-order valence-electron chi connectivity index (χ1n) is 23.4. The number of nitrogens with zero attached hydrogens (tertiary/aromatic N) is 1. The van der Waals surface area contributed by atoms with Gasteiger partial charge in [0, 0.05) is 26.0 Å². The van der Waals surface area contributed by atoms with Gasteiger partial charge in [-0.05, 0) is 52.2 Å². The third kappa shape index (κ3) is 26.0. The van der Waals surface area contributed by atoms with E-state index < -0.39 is 41.4 Å². The van der Waals surface area contributed by atoms with Crippen molar-refractivity contribution >= 4 is 41.3 Å². The van der Waals surface area contributed by atoms with Crippen molar-refractivity contribution in [2.75, 3.05) is 157 Å². The third-order valence-electron chi connectivity index (χ3n) is 9.57. The maximum Gasteiger partial charge on any atom is 0.407 e. The number of amides is 6. The van der Waals surface area contributed by atoms with Gasteiger partial charge in [-0.15, -0.1) is 0 Å². The summed E-state index contributed by atoms with van der Waals surface area (Å²) < 4.78 is 65.6. The smallest absolute Gasteiger partial charge is 0.407 e. The maximum absolute atomic E-state index is 13.2. The summed E-state index contributed by atoms with van der Waals surface area (Å²) in [6.07, 6.45) is 1.95. The number of carbonyl (C=O) groups excluding carboxylic acids is 6. The monoisotopic (exact) mass is 970 g/mol. The van der Waals surface area contributed by atoms with Crippen LogP contribution in [0.3, 0.4) is 0 Å². The average Bonchev–Trinajstić information content (AvgIpc) is 3.55. The molecule has 1 unspecified atom stereocenters. The van der Waals surface area contributed by atoms with Crippen molar-refractivity contribution in [2.45, 2.75) is 70.9 Å². The van der Waals surface area contributed by atoms with Gasteiger partial charge in [0.2, 0.25) is 17.7 Å². The molecule has 1 saturated heterocycles. The van der Waals surface area contributed by atoms with E-state index in [-0.39, 0.29) is 42.0 Å². The summed E-state index contributed by atoms with van der Waals surface area (Å²) in [6.45, 7) is 15.7. The number of ether oxygens (including phenoxy) is 12. The Hall–Kier alpha value is -4.20. The molecule has 1 aromatic rings. The number of piperidine rings is 1. The summed E-state index contributed by atoms with van der Waals surface area (Å²) in [6, 6.07) is 3.52. The lowest BCUT2D eigenvalue weighted by Gasteiger charge is -2.27. The molecule has 3 rings (SSSR count). The van der Waals surface area contributed by atoms with Crippen LogP contribution in [0.15, 0.2) is 18.2 Å². The summed E-state index contributed by atoms with van der Waals surface area (Å²) in [5.74, 6) is -2.74. The van der Waals surface area contributed by atoms with Gasteiger partial charge in [0.1, 0.15) is 11.6 Å². The Labute approximate surface area is 399 Å². The summed E-state index contributed by atoms with van der Waals surface area (Å²) in [5.41, 5.74) is -0.157. The Kier molecular flexibility index (Phi) is 30.6. The van der Waals surface area contributed by atoms with E-state index in [1.54, 1.807) is 12.1 Å².